The summed E-state index contributed by atoms with van der Waals surface area (Å²) in [5.41, 5.74) is -2.59. The molecule has 0 saturated heterocycles. The third kappa shape index (κ3) is 7.63. The predicted molar refractivity (Wildman–Crippen MR) is 128 cm³/mol. The molecule has 0 aliphatic rings. The number of hydrogen-bond acceptors (Lipinski definition) is 2. The lowest BCUT2D eigenvalue weighted by Crippen LogP contribution is -2.30. The summed E-state index contributed by atoms with van der Waals surface area (Å²) in [6.07, 6.45) is -8.75. The quantitative estimate of drug-likeness (QED) is 0.196. The highest BCUT2D eigenvalue weighted by molar-refractivity contribution is 6.48. The molecule has 2 aromatic carbocycles. The Bertz CT molecular complexity index is 1140. The Morgan fingerprint density at radius 1 is 1.00 bits per heavy atom. The van der Waals surface area contributed by atoms with E-state index in [1.165, 1.54) is 6.92 Å². The lowest BCUT2D eigenvalue weighted by molar-refractivity contribution is -0.139. The summed E-state index contributed by atoms with van der Waals surface area (Å²) in [6.45, 7) is 3.35. The largest absolute Gasteiger partial charge is 0.417 e. The molecule has 2 aromatic rings. The minimum absolute atomic E-state index is 0.136. The lowest BCUT2D eigenvalue weighted by atomic mass is 9.93. The lowest BCUT2D eigenvalue weighted by Gasteiger charge is -2.19. The second kappa shape index (κ2) is 11.9. The van der Waals surface area contributed by atoms with Crippen LogP contribution < -0.4 is 5.32 Å². The van der Waals surface area contributed by atoms with Crippen molar-refractivity contribution in [3.63, 3.8) is 0 Å². The number of Topliss-reactive ketones (excluding diaryl/α,β-unsaturated/α-hetero) is 1. The maximum absolute atomic E-state index is 13.7. The zero-order valence-corrected chi connectivity index (χ0v) is 21.1. The van der Waals surface area contributed by atoms with E-state index in [0.717, 1.165) is 30.3 Å². The zero-order valence-electron chi connectivity index (χ0n) is 18.8. The number of alkyl halides is 6. The maximum atomic E-state index is 13.7. The molecule has 36 heavy (non-hydrogen) atoms. The van der Waals surface area contributed by atoms with Gasteiger partial charge < -0.3 is 5.32 Å². The Morgan fingerprint density at radius 3 is 2.08 bits per heavy atom. The number of benzene rings is 2. The summed E-state index contributed by atoms with van der Waals surface area (Å²) < 4.78 is 82.3. The van der Waals surface area contributed by atoms with Crippen LogP contribution in [0, 0.1) is 5.92 Å². The number of rotatable bonds is 8. The van der Waals surface area contributed by atoms with Gasteiger partial charge in [-0.05, 0) is 36.2 Å². The molecule has 1 amide bonds. The summed E-state index contributed by atoms with van der Waals surface area (Å²) in [4.78, 5) is 24.4. The third-order valence-electron chi connectivity index (χ3n) is 5.14. The fourth-order valence-electron chi connectivity index (χ4n) is 3.34. The van der Waals surface area contributed by atoms with E-state index < -0.39 is 53.4 Å². The van der Waals surface area contributed by atoms with E-state index in [1.54, 1.807) is 6.92 Å². The van der Waals surface area contributed by atoms with Crippen LogP contribution in [-0.4, -0.2) is 24.4 Å². The van der Waals surface area contributed by atoms with Gasteiger partial charge in [0.1, 0.15) is 0 Å². The monoisotopic (exact) mass is 573 g/mol. The number of nitrogens with one attached hydrogen (secondary N) is 1. The van der Waals surface area contributed by atoms with Crippen molar-refractivity contribution in [2.24, 2.45) is 5.92 Å². The van der Waals surface area contributed by atoms with Crippen LogP contribution >= 0.6 is 34.8 Å². The first kappa shape index (κ1) is 30.0. The van der Waals surface area contributed by atoms with Gasteiger partial charge in [0.15, 0.2) is 5.78 Å². The summed E-state index contributed by atoms with van der Waals surface area (Å²) >= 11 is 17.5. The van der Waals surface area contributed by atoms with E-state index in [2.05, 4.69) is 5.32 Å². The smallest absolute Gasteiger partial charge is 0.356 e. The van der Waals surface area contributed by atoms with E-state index >= 15 is 0 Å². The molecule has 12 heteroatoms. The van der Waals surface area contributed by atoms with Crippen LogP contribution in [0.2, 0.25) is 15.1 Å². The topological polar surface area (TPSA) is 46.2 Å². The van der Waals surface area contributed by atoms with Gasteiger partial charge in [0.2, 0.25) is 5.91 Å². The van der Waals surface area contributed by atoms with E-state index in [0.29, 0.717) is 18.7 Å². The van der Waals surface area contributed by atoms with E-state index in [9.17, 15) is 35.9 Å². The first-order valence-corrected chi connectivity index (χ1v) is 11.6. The average molecular weight is 575 g/mol. The van der Waals surface area contributed by atoms with Gasteiger partial charge in [-0.25, -0.2) is 0 Å². The van der Waals surface area contributed by atoms with Crippen LogP contribution in [0.1, 0.15) is 53.2 Å². The van der Waals surface area contributed by atoms with Crippen molar-refractivity contribution in [1.82, 2.24) is 5.32 Å². The Labute approximate surface area is 218 Å². The summed E-state index contributed by atoms with van der Waals surface area (Å²) in [5.74, 6) is -4.53. The summed E-state index contributed by atoms with van der Waals surface area (Å²) in [5, 5.41) is 1.91. The Morgan fingerprint density at radius 2 is 1.58 bits per heavy atom. The van der Waals surface area contributed by atoms with Crippen LogP contribution in [0.15, 0.2) is 36.4 Å². The number of hydrogen-bond donors (Lipinski definition) is 1. The molecule has 0 heterocycles. The third-order valence-corrected chi connectivity index (χ3v) is 6.34. The predicted octanol–water partition coefficient (Wildman–Crippen LogP) is 8.37. The molecule has 0 aliphatic heterocycles. The standard InChI is InChI=1S/C24H20Cl3F6NO2/c1-3-34-22(36)12(2)8-20(35)15-6-4-13(9-17(15)24(31,32)33)5-7-16(23(28,29)30)14-10-18(25)21(27)19(26)11-14/h4-7,9-12,16H,3,8H2,1-2H3,(H,34,36)/b7-5+/t12-,16?/m0/s1. The minimum Gasteiger partial charge on any atom is -0.356 e. The van der Waals surface area contributed by atoms with Crippen molar-refractivity contribution < 1.29 is 35.9 Å². The average Bonchev–Trinajstić information content (AvgIpc) is 2.76. The molecule has 0 aromatic heterocycles. The van der Waals surface area contributed by atoms with Crippen LogP contribution in [0.3, 0.4) is 0 Å². The number of carbonyl (C=O) groups excluding carboxylic acids is 2. The highest BCUT2D eigenvalue weighted by Crippen LogP contribution is 2.41. The second-order valence-corrected chi connectivity index (χ2v) is 9.10. The Kier molecular flexibility index (Phi) is 9.90. The minimum atomic E-state index is -4.97. The molecular formula is C24H20Cl3F6NO2. The van der Waals surface area contributed by atoms with E-state index in [1.807, 2.05) is 0 Å². The maximum Gasteiger partial charge on any atom is 0.417 e. The summed E-state index contributed by atoms with van der Waals surface area (Å²) in [6, 6.07) is 4.49. The van der Waals surface area contributed by atoms with Crippen LogP contribution in [-0.2, 0) is 11.0 Å². The normalized spacial score (nSPS) is 14.1. The van der Waals surface area contributed by atoms with E-state index in [-0.39, 0.29) is 26.2 Å². The molecule has 0 saturated carbocycles. The Hall–Kier alpha value is -2.23. The van der Waals surface area contributed by atoms with Crippen molar-refractivity contribution in [2.45, 2.75) is 38.5 Å². The molecule has 196 valence electrons. The zero-order chi connectivity index (χ0) is 27.4. The highest BCUT2D eigenvalue weighted by Gasteiger charge is 2.40. The second-order valence-electron chi connectivity index (χ2n) is 7.90. The number of ketones is 1. The fourth-order valence-corrected chi connectivity index (χ4v) is 3.96. The molecule has 0 radical (unpaired) electrons. The van der Waals surface area contributed by atoms with Gasteiger partial charge in [-0.2, -0.15) is 26.3 Å². The molecule has 2 rings (SSSR count). The van der Waals surface area contributed by atoms with Gasteiger partial charge in [0.05, 0.1) is 26.5 Å². The first-order chi connectivity index (χ1) is 16.6. The molecule has 0 fully saturated rings. The molecule has 0 spiro atoms. The van der Waals surface area contributed by atoms with Crippen molar-refractivity contribution in [2.75, 3.05) is 6.54 Å². The molecule has 0 aliphatic carbocycles. The number of halogens is 9. The van der Waals surface area contributed by atoms with Crippen molar-refractivity contribution in [3.8, 4) is 0 Å². The van der Waals surface area contributed by atoms with Crippen molar-refractivity contribution in [1.29, 1.82) is 0 Å². The fraction of sp³-hybridized carbons (Fsp3) is 0.333. The van der Waals surface area contributed by atoms with Gasteiger partial charge >= 0.3 is 12.4 Å². The SMILES string of the molecule is CCNC(=O)[C@@H](C)CC(=O)c1ccc(/C=C/C(c2cc(Cl)c(Cl)c(Cl)c2)C(F)(F)F)cc1C(F)(F)F. The van der Waals surface area contributed by atoms with Crippen molar-refractivity contribution >= 4 is 52.6 Å². The summed E-state index contributed by atoms with van der Waals surface area (Å²) in [7, 11) is 0. The van der Waals surface area contributed by atoms with Gasteiger partial charge in [0.25, 0.3) is 0 Å². The Balaban J connectivity index is 2.44. The molecule has 1 unspecified atom stereocenters. The molecular weight excluding hydrogens is 555 g/mol. The van der Waals surface area contributed by atoms with Gasteiger partial charge in [-0.3, -0.25) is 9.59 Å². The van der Waals surface area contributed by atoms with Crippen LogP contribution in [0.4, 0.5) is 26.3 Å². The molecule has 2 atom stereocenters. The van der Waals surface area contributed by atoms with Crippen LogP contribution in [0.25, 0.3) is 6.08 Å². The number of amides is 1. The van der Waals surface area contributed by atoms with Crippen LogP contribution in [0.5, 0.6) is 0 Å². The highest BCUT2D eigenvalue weighted by atomic mass is 35.5. The van der Waals surface area contributed by atoms with Gasteiger partial charge in [-0.1, -0.05) is 66.0 Å². The molecule has 1 N–H and O–H groups in total. The number of carbonyl (C=O) groups is 2. The van der Waals surface area contributed by atoms with Crippen molar-refractivity contribution in [3.05, 3.63) is 73.7 Å². The first-order valence-electron chi connectivity index (χ1n) is 10.5. The van der Waals surface area contributed by atoms with Gasteiger partial charge in [-0.15, -0.1) is 0 Å². The van der Waals surface area contributed by atoms with Gasteiger partial charge in [0, 0.05) is 24.4 Å². The molecule has 0 bridgehead atoms. The number of allylic oxidation sites excluding steroid dienone is 1. The van der Waals surface area contributed by atoms with E-state index in [4.69, 9.17) is 34.8 Å². The molecule has 3 nitrogen and oxygen atoms in total.